The minimum absolute atomic E-state index is 0.499. The zero-order chi connectivity index (χ0) is 14.5. The van der Waals surface area contributed by atoms with Crippen molar-refractivity contribution in [1.82, 2.24) is 20.5 Å². The van der Waals surface area contributed by atoms with Crippen LogP contribution in [-0.2, 0) is 6.54 Å². The van der Waals surface area contributed by atoms with Gasteiger partial charge in [0.25, 0.3) is 0 Å². The Kier molecular flexibility index (Phi) is 4.40. The fourth-order valence-electron chi connectivity index (χ4n) is 2.87. The van der Waals surface area contributed by atoms with E-state index in [9.17, 15) is 0 Å². The Morgan fingerprint density at radius 2 is 2.19 bits per heavy atom. The second-order valence-corrected chi connectivity index (χ2v) is 5.45. The molecule has 2 aromatic rings. The van der Waals surface area contributed by atoms with Crippen LogP contribution in [0.1, 0.15) is 24.1 Å². The molecule has 5 heteroatoms. The number of pyridine rings is 1. The van der Waals surface area contributed by atoms with Gasteiger partial charge in [-0.25, -0.2) is 0 Å². The topological polar surface area (TPSA) is 53.9 Å². The number of aryl methyl sites for hydroxylation is 1. The molecule has 5 nitrogen and oxygen atoms in total. The number of hydrogen-bond donors (Lipinski definition) is 1. The molecule has 3 heterocycles. The lowest BCUT2D eigenvalue weighted by molar-refractivity contribution is 0.568. The zero-order valence-electron chi connectivity index (χ0n) is 12.4. The molecule has 1 aliphatic rings. The summed E-state index contributed by atoms with van der Waals surface area (Å²) in [6.07, 6.45) is 5.98. The Hall–Kier alpha value is -2.01. The Morgan fingerprint density at radius 1 is 1.29 bits per heavy atom. The van der Waals surface area contributed by atoms with E-state index in [1.807, 2.05) is 24.4 Å². The third-order valence-electron chi connectivity index (χ3n) is 4.04. The van der Waals surface area contributed by atoms with Gasteiger partial charge in [-0.15, -0.1) is 5.10 Å². The van der Waals surface area contributed by atoms with E-state index < -0.39 is 0 Å². The molecular formula is C16H21N5. The van der Waals surface area contributed by atoms with E-state index in [0.717, 1.165) is 31.1 Å². The lowest BCUT2D eigenvalue weighted by Crippen LogP contribution is -2.38. The van der Waals surface area contributed by atoms with Gasteiger partial charge in [0, 0.05) is 43.8 Å². The summed E-state index contributed by atoms with van der Waals surface area (Å²) in [5.41, 5.74) is 2.36. The maximum atomic E-state index is 4.32. The highest BCUT2D eigenvalue weighted by atomic mass is 15.3. The Labute approximate surface area is 125 Å². The maximum absolute atomic E-state index is 4.32. The number of nitrogens with one attached hydrogen (secondary N) is 1. The van der Waals surface area contributed by atoms with Gasteiger partial charge in [-0.1, -0.05) is 6.07 Å². The number of hydrogen-bond acceptors (Lipinski definition) is 5. The molecule has 0 radical (unpaired) electrons. The van der Waals surface area contributed by atoms with Crippen LogP contribution >= 0.6 is 0 Å². The van der Waals surface area contributed by atoms with Crippen molar-refractivity contribution in [1.29, 1.82) is 0 Å². The fraction of sp³-hybridized carbons (Fsp3) is 0.438. The number of aromatic nitrogens is 3. The highest BCUT2D eigenvalue weighted by Crippen LogP contribution is 2.22. The van der Waals surface area contributed by atoms with Crippen LogP contribution in [0.4, 0.5) is 5.82 Å². The van der Waals surface area contributed by atoms with E-state index in [1.165, 1.54) is 18.4 Å². The first kappa shape index (κ1) is 13.9. The summed E-state index contributed by atoms with van der Waals surface area (Å²) in [5, 5.41) is 11.8. The summed E-state index contributed by atoms with van der Waals surface area (Å²) in [6.45, 7) is 4.95. The Bertz CT molecular complexity index is 572. The minimum atomic E-state index is 0.499. The largest absolute Gasteiger partial charge is 0.351 e. The van der Waals surface area contributed by atoms with Crippen LogP contribution in [-0.4, -0.2) is 34.3 Å². The molecular weight excluding hydrogens is 262 g/mol. The highest BCUT2D eigenvalue weighted by molar-refractivity contribution is 5.39. The zero-order valence-corrected chi connectivity index (χ0v) is 12.4. The van der Waals surface area contributed by atoms with Crippen molar-refractivity contribution >= 4 is 5.82 Å². The Morgan fingerprint density at radius 3 is 3.00 bits per heavy atom. The van der Waals surface area contributed by atoms with Gasteiger partial charge in [-0.3, -0.25) is 4.98 Å². The van der Waals surface area contributed by atoms with E-state index in [0.29, 0.717) is 6.04 Å². The molecule has 3 rings (SSSR count). The summed E-state index contributed by atoms with van der Waals surface area (Å²) in [6, 6.07) is 8.61. The predicted molar refractivity (Wildman–Crippen MR) is 83.1 cm³/mol. The molecule has 1 atom stereocenters. The second-order valence-electron chi connectivity index (χ2n) is 5.45. The van der Waals surface area contributed by atoms with Gasteiger partial charge in [0.1, 0.15) is 0 Å². The van der Waals surface area contributed by atoms with E-state index in [2.05, 4.69) is 38.4 Å². The number of nitrogens with zero attached hydrogens (tertiary/aromatic N) is 4. The van der Waals surface area contributed by atoms with Gasteiger partial charge in [-0.05, 0) is 43.5 Å². The summed E-state index contributed by atoms with van der Waals surface area (Å²) in [7, 11) is 0. The molecule has 110 valence electrons. The molecule has 0 saturated carbocycles. The standard InChI is InChI=1S/C16H21N5/c1-13-14(5-2-8-18-13)11-17-12-15-6-4-10-21(15)16-7-3-9-19-20-16/h2-3,5,7-9,15,17H,4,6,10-12H2,1H3/t15-/m0/s1. The SMILES string of the molecule is Cc1ncccc1CNC[C@@H]1CCCN1c1cccnn1. The monoisotopic (exact) mass is 283 g/mol. The molecule has 2 aromatic heterocycles. The molecule has 0 spiro atoms. The minimum Gasteiger partial charge on any atom is -0.351 e. The van der Waals surface area contributed by atoms with E-state index in [4.69, 9.17) is 0 Å². The normalized spacial score (nSPS) is 18.1. The third kappa shape index (κ3) is 3.36. The van der Waals surface area contributed by atoms with Gasteiger partial charge in [-0.2, -0.15) is 5.10 Å². The van der Waals surface area contributed by atoms with Gasteiger partial charge in [0.05, 0.1) is 0 Å². The quantitative estimate of drug-likeness (QED) is 0.909. The molecule has 1 fully saturated rings. The molecule has 1 saturated heterocycles. The average Bonchev–Trinajstić information content (AvgIpc) is 2.99. The Balaban J connectivity index is 1.56. The van der Waals surface area contributed by atoms with E-state index in [1.54, 1.807) is 6.20 Å². The van der Waals surface area contributed by atoms with Crippen LogP contribution in [0.5, 0.6) is 0 Å². The molecule has 1 aliphatic heterocycles. The number of rotatable bonds is 5. The van der Waals surface area contributed by atoms with Gasteiger partial charge in [0.15, 0.2) is 5.82 Å². The van der Waals surface area contributed by atoms with Gasteiger partial charge < -0.3 is 10.2 Å². The summed E-state index contributed by atoms with van der Waals surface area (Å²) in [4.78, 5) is 6.68. The van der Waals surface area contributed by atoms with Crippen molar-refractivity contribution < 1.29 is 0 Å². The molecule has 1 N–H and O–H groups in total. The molecule has 0 unspecified atom stereocenters. The third-order valence-corrected chi connectivity index (χ3v) is 4.04. The first-order valence-electron chi connectivity index (χ1n) is 7.50. The first-order chi connectivity index (χ1) is 10.3. The molecule has 0 aliphatic carbocycles. The lowest BCUT2D eigenvalue weighted by Gasteiger charge is -2.25. The summed E-state index contributed by atoms with van der Waals surface area (Å²) >= 11 is 0. The molecule has 0 aromatic carbocycles. The first-order valence-corrected chi connectivity index (χ1v) is 7.50. The van der Waals surface area contributed by atoms with Crippen molar-refractivity contribution in [2.45, 2.75) is 32.4 Å². The van der Waals surface area contributed by atoms with Crippen molar-refractivity contribution in [3.63, 3.8) is 0 Å². The molecule has 21 heavy (non-hydrogen) atoms. The van der Waals surface area contributed by atoms with Crippen LogP contribution < -0.4 is 10.2 Å². The molecule has 0 bridgehead atoms. The summed E-state index contributed by atoms with van der Waals surface area (Å²) in [5.74, 6) is 0.986. The van der Waals surface area contributed by atoms with Gasteiger partial charge >= 0.3 is 0 Å². The average molecular weight is 283 g/mol. The maximum Gasteiger partial charge on any atom is 0.151 e. The fourth-order valence-corrected chi connectivity index (χ4v) is 2.87. The van der Waals surface area contributed by atoms with Crippen LogP contribution in [0.2, 0.25) is 0 Å². The lowest BCUT2D eigenvalue weighted by atomic mass is 10.2. The smallest absolute Gasteiger partial charge is 0.151 e. The van der Waals surface area contributed by atoms with Crippen LogP contribution in [0.3, 0.4) is 0 Å². The van der Waals surface area contributed by atoms with E-state index >= 15 is 0 Å². The van der Waals surface area contributed by atoms with Crippen molar-refractivity contribution in [3.8, 4) is 0 Å². The highest BCUT2D eigenvalue weighted by Gasteiger charge is 2.25. The van der Waals surface area contributed by atoms with E-state index in [-0.39, 0.29) is 0 Å². The number of anilines is 1. The summed E-state index contributed by atoms with van der Waals surface area (Å²) < 4.78 is 0. The van der Waals surface area contributed by atoms with Crippen molar-refractivity contribution in [3.05, 3.63) is 47.9 Å². The van der Waals surface area contributed by atoms with Gasteiger partial charge in [0.2, 0.25) is 0 Å². The van der Waals surface area contributed by atoms with Crippen LogP contribution in [0, 0.1) is 6.92 Å². The second kappa shape index (κ2) is 6.63. The predicted octanol–water partition coefficient (Wildman–Crippen LogP) is 1.94. The van der Waals surface area contributed by atoms with Crippen LogP contribution in [0.15, 0.2) is 36.7 Å². The molecule has 0 amide bonds. The van der Waals surface area contributed by atoms with Crippen molar-refractivity contribution in [2.24, 2.45) is 0 Å². The van der Waals surface area contributed by atoms with Crippen molar-refractivity contribution in [2.75, 3.05) is 18.0 Å². The van der Waals surface area contributed by atoms with Crippen LogP contribution in [0.25, 0.3) is 0 Å².